The van der Waals surface area contributed by atoms with Crippen molar-refractivity contribution in [3.05, 3.63) is 83.9 Å². The zero-order chi connectivity index (χ0) is 17.3. The van der Waals surface area contributed by atoms with Crippen LogP contribution in [-0.2, 0) is 13.0 Å². The highest BCUT2D eigenvalue weighted by Gasteiger charge is 2.07. The number of anilines is 1. The van der Waals surface area contributed by atoms with Crippen molar-refractivity contribution in [1.82, 2.24) is 10.3 Å². The monoisotopic (exact) mass is 335 g/mol. The van der Waals surface area contributed by atoms with Gasteiger partial charge in [-0.3, -0.25) is 4.79 Å². The average molecular weight is 335 g/mol. The van der Waals surface area contributed by atoms with E-state index in [0.29, 0.717) is 24.5 Å². The summed E-state index contributed by atoms with van der Waals surface area (Å²) in [6.45, 7) is 1.17. The number of furan rings is 1. The minimum atomic E-state index is -0.0866. The SMILES string of the molecule is O=C(NCCCc1ccccc1)c1ccnc(NCc2ccco2)c1. The summed E-state index contributed by atoms with van der Waals surface area (Å²) in [5.74, 6) is 1.38. The summed E-state index contributed by atoms with van der Waals surface area (Å²) in [4.78, 5) is 16.5. The van der Waals surface area contributed by atoms with E-state index in [-0.39, 0.29) is 5.91 Å². The molecule has 3 aromatic rings. The number of hydrogen-bond donors (Lipinski definition) is 2. The lowest BCUT2D eigenvalue weighted by Gasteiger charge is -2.08. The Bertz CT molecular complexity index is 786. The van der Waals surface area contributed by atoms with Crippen LogP contribution in [0.3, 0.4) is 0 Å². The molecule has 0 aliphatic heterocycles. The zero-order valence-corrected chi connectivity index (χ0v) is 13.9. The van der Waals surface area contributed by atoms with E-state index in [1.54, 1.807) is 24.6 Å². The predicted octanol–water partition coefficient (Wildman–Crippen LogP) is 3.65. The first kappa shape index (κ1) is 16.8. The largest absolute Gasteiger partial charge is 0.467 e. The fourth-order valence-electron chi connectivity index (χ4n) is 2.50. The quantitative estimate of drug-likeness (QED) is 0.617. The fourth-order valence-corrected chi connectivity index (χ4v) is 2.50. The van der Waals surface area contributed by atoms with Crippen molar-refractivity contribution in [3.63, 3.8) is 0 Å². The molecule has 2 heterocycles. The third-order valence-electron chi connectivity index (χ3n) is 3.82. The van der Waals surface area contributed by atoms with Crippen LogP contribution in [0.2, 0.25) is 0 Å². The molecule has 0 aliphatic rings. The molecule has 25 heavy (non-hydrogen) atoms. The third kappa shape index (κ3) is 5.21. The number of nitrogens with one attached hydrogen (secondary N) is 2. The highest BCUT2D eigenvalue weighted by atomic mass is 16.3. The normalized spacial score (nSPS) is 10.4. The molecular formula is C20H21N3O2. The second-order valence-electron chi connectivity index (χ2n) is 5.71. The molecule has 1 aromatic carbocycles. The lowest BCUT2D eigenvalue weighted by Crippen LogP contribution is -2.25. The van der Waals surface area contributed by atoms with Crippen molar-refractivity contribution in [2.24, 2.45) is 0 Å². The molecule has 2 aromatic heterocycles. The van der Waals surface area contributed by atoms with Crippen molar-refractivity contribution >= 4 is 11.7 Å². The van der Waals surface area contributed by atoms with Crippen LogP contribution in [0, 0.1) is 0 Å². The molecule has 0 saturated heterocycles. The molecule has 0 fully saturated rings. The Morgan fingerprint density at radius 3 is 2.76 bits per heavy atom. The molecular weight excluding hydrogens is 314 g/mol. The van der Waals surface area contributed by atoms with Crippen molar-refractivity contribution < 1.29 is 9.21 Å². The Kier molecular flexibility index (Phi) is 5.82. The highest BCUT2D eigenvalue weighted by molar-refractivity contribution is 5.94. The van der Waals surface area contributed by atoms with Gasteiger partial charge in [0, 0.05) is 18.3 Å². The molecule has 0 bridgehead atoms. The summed E-state index contributed by atoms with van der Waals surface area (Å²) in [6.07, 6.45) is 5.12. The molecule has 0 atom stereocenters. The predicted molar refractivity (Wildman–Crippen MR) is 97.4 cm³/mol. The van der Waals surface area contributed by atoms with Gasteiger partial charge in [-0.1, -0.05) is 30.3 Å². The van der Waals surface area contributed by atoms with Crippen molar-refractivity contribution in [1.29, 1.82) is 0 Å². The molecule has 0 radical (unpaired) electrons. The van der Waals surface area contributed by atoms with Crippen molar-refractivity contribution in [2.45, 2.75) is 19.4 Å². The number of aromatic nitrogens is 1. The average Bonchev–Trinajstić information content (AvgIpc) is 3.18. The van der Waals surface area contributed by atoms with E-state index in [2.05, 4.69) is 27.8 Å². The maximum Gasteiger partial charge on any atom is 0.251 e. The topological polar surface area (TPSA) is 67.2 Å². The number of aryl methyl sites for hydroxylation is 1. The van der Waals surface area contributed by atoms with E-state index in [0.717, 1.165) is 18.6 Å². The van der Waals surface area contributed by atoms with Crippen molar-refractivity contribution in [2.75, 3.05) is 11.9 Å². The van der Waals surface area contributed by atoms with Crippen LogP contribution in [0.1, 0.15) is 28.1 Å². The van der Waals surface area contributed by atoms with Gasteiger partial charge in [-0.25, -0.2) is 4.98 Å². The van der Waals surface area contributed by atoms with Gasteiger partial charge in [0.05, 0.1) is 12.8 Å². The number of pyridine rings is 1. The second kappa shape index (κ2) is 8.68. The number of nitrogens with zero attached hydrogens (tertiary/aromatic N) is 1. The number of carbonyl (C=O) groups is 1. The molecule has 0 unspecified atom stereocenters. The van der Waals surface area contributed by atoms with Crippen molar-refractivity contribution in [3.8, 4) is 0 Å². The van der Waals surface area contributed by atoms with E-state index < -0.39 is 0 Å². The maximum atomic E-state index is 12.3. The van der Waals surface area contributed by atoms with Gasteiger partial charge >= 0.3 is 0 Å². The van der Waals surface area contributed by atoms with Crippen LogP contribution in [0.5, 0.6) is 0 Å². The van der Waals surface area contributed by atoms with Gasteiger partial charge < -0.3 is 15.1 Å². The first-order chi connectivity index (χ1) is 12.3. The maximum absolute atomic E-state index is 12.3. The molecule has 2 N–H and O–H groups in total. The Hall–Kier alpha value is -3.08. The van der Waals surface area contributed by atoms with Gasteiger partial charge in [0.1, 0.15) is 11.6 Å². The van der Waals surface area contributed by atoms with Gasteiger partial charge in [-0.05, 0) is 42.7 Å². The highest BCUT2D eigenvalue weighted by Crippen LogP contribution is 2.09. The number of hydrogen-bond acceptors (Lipinski definition) is 4. The minimum absolute atomic E-state index is 0.0866. The molecule has 0 spiro atoms. The zero-order valence-electron chi connectivity index (χ0n) is 13.9. The summed E-state index contributed by atoms with van der Waals surface area (Å²) >= 11 is 0. The molecule has 3 rings (SSSR count). The van der Waals surface area contributed by atoms with Crippen LogP contribution in [0.15, 0.2) is 71.5 Å². The Balaban J connectivity index is 1.46. The van der Waals surface area contributed by atoms with Crippen LogP contribution >= 0.6 is 0 Å². The Labute approximate surface area is 147 Å². The van der Waals surface area contributed by atoms with Gasteiger partial charge in [0.2, 0.25) is 0 Å². The summed E-state index contributed by atoms with van der Waals surface area (Å²) in [5, 5.41) is 6.10. The van der Waals surface area contributed by atoms with Gasteiger partial charge in [0.25, 0.3) is 5.91 Å². The number of rotatable bonds is 8. The molecule has 1 amide bonds. The van der Waals surface area contributed by atoms with Crippen LogP contribution < -0.4 is 10.6 Å². The summed E-state index contributed by atoms with van der Waals surface area (Å²) in [6, 6.07) is 17.4. The summed E-state index contributed by atoms with van der Waals surface area (Å²) in [7, 11) is 0. The Morgan fingerprint density at radius 2 is 1.96 bits per heavy atom. The van der Waals surface area contributed by atoms with E-state index in [9.17, 15) is 4.79 Å². The minimum Gasteiger partial charge on any atom is -0.467 e. The van der Waals surface area contributed by atoms with Gasteiger partial charge in [0.15, 0.2) is 0 Å². The summed E-state index contributed by atoms with van der Waals surface area (Å²) in [5.41, 5.74) is 1.88. The van der Waals surface area contributed by atoms with E-state index in [4.69, 9.17) is 4.42 Å². The molecule has 5 heteroatoms. The summed E-state index contributed by atoms with van der Waals surface area (Å²) < 4.78 is 5.27. The number of benzene rings is 1. The van der Waals surface area contributed by atoms with E-state index in [1.165, 1.54) is 5.56 Å². The van der Waals surface area contributed by atoms with E-state index in [1.807, 2.05) is 30.3 Å². The van der Waals surface area contributed by atoms with Crippen LogP contribution in [0.25, 0.3) is 0 Å². The van der Waals surface area contributed by atoms with Crippen LogP contribution in [0.4, 0.5) is 5.82 Å². The first-order valence-electron chi connectivity index (χ1n) is 8.36. The van der Waals surface area contributed by atoms with Crippen LogP contribution in [-0.4, -0.2) is 17.4 Å². The fraction of sp³-hybridized carbons (Fsp3) is 0.200. The van der Waals surface area contributed by atoms with Gasteiger partial charge in [-0.15, -0.1) is 0 Å². The lowest BCUT2D eigenvalue weighted by molar-refractivity contribution is 0.0953. The molecule has 5 nitrogen and oxygen atoms in total. The number of amides is 1. The second-order valence-corrected chi connectivity index (χ2v) is 5.71. The standard InChI is InChI=1S/C20H21N3O2/c24-20(22-11-4-8-16-6-2-1-3-7-16)17-10-12-21-19(14-17)23-15-18-9-5-13-25-18/h1-3,5-7,9-10,12-14H,4,8,11,15H2,(H,21,23)(H,22,24). The molecule has 0 aliphatic carbocycles. The lowest BCUT2D eigenvalue weighted by atomic mass is 10.1. The Morgan fingerprint density at radius 1 is 1.08 bits per heavy atom. The smallest absolute Gasteiger partial charge is 0.251 e. The number of carbonyl (C=O) groups excluding carboxylic acids is 1. The van der Waals surface area contributed by atoms with E-state index >= 15 is 0 Å². The third-order valence-corrected chi connectivity index (χ3v) is 3.82. The molecule has 0 saturated carbocycles. The molecule has 128 valence electrons. The van der Waals surface area contributed by atoms with Gasteiger partial charge in [-0.2, -0.15) is 0 Å². The first-order valence-corrected chi connectivity index (χ1v) is 8.36.